The van der Waals surface area contributed by atoms with Gasteiger partial charge in [0.1, 0.15) is 5.76 Å². The average molecular weight is 336 g/mol. The van der Waals surface area contributed by atoms with Crippen LogP contribution < -0.4 is 0 Å². The topological polar surface area (TPSA) is 52.6 Å². The molecule has 2 atom stereocenters. The van der Waals surface area contributed by atoms with Crippen molar-refractivity contribution in [1.82, 2.24) is 0 Å². The van der Waals surface area contributed by atoms with Crippen molar-refractivity contribution >= 4 is 17.7 Å². The molecule has 4 heteroatoms. The summed E-state index contributed by atoms with van der Waals surface area (Å²) in [4.78, 5) is 25.1. The van der Waals surface area contributed by atoms with E-state index in [1.165, 1.54) is 0 Å². The van der Waals surface area contributed by atoms with E-state index in [9.17, 15) is 9.59 Å². The molecule has 0 amide bonds. The van der Waals surface area contributed by atoms with E-state index in [1.807, 2.05) is 60.7 Å². The lowest BCUT2D eigenvalue weighted by Crippen LogP contribution is -2.36. The Balaban J connectivity index is 1.93. The number of benzene rings is 2. The highest BCUT2D eigenvalue weighted by Gasteiger charge is 2.39. The molecule has 0 aromatic heterocycles. The summed E-state index contributed by atoms with van der Waals surface area (Å²) < 4.78 is 10.7. The van der Waals surface area contributed by atoms with E-state index < -0.39 is 23.8 Å². The van der Waals surface area contributed by atoms with Crippen LogP contribution in [0.3, 0.4) is 0 Å². The van der Waals surface area contributed by atoms with E-state index in [4.69, 9.17) is 9.47 Å². The molecule has 25 heavy (non-hydrogen) atoms. The Hall–Kier alpha value is -2.88. The maximum absolute atomic E-state index is 12.6. The molecular weight excluding hydrogens is 316 g/mol. The largest absolute Gasteiger partial charge is 0.466 e. The van der Waals surface area contributed by atoms with Crippen LogP contribution in [0.1, 0.15) is 18.1 Å². The van der Waals surface area contributed by atoms with Gasteiger partial charge in [0, 0.05) is 5.56 Å². The van der Waals surface area contributed by atoms with Gasteiger partial charge in [-0.25, -0.2) is 0 Å². The fourth-order valence-corrected chi connectivity index (χ4v) is 2.95. The fourth-order valence-electron chi connectivity index (χ4n) is 2.95. The molecule has 2 aromatic rings. The lowest BCUT2D eigenvalue weighted by molar-refractivity contribution is -0.156. The van der Waals surface area contributed by atoms with Gasteiger partial charge < -0.3 is 9.47 Å². The molecule has 0 radical (unpaired) electrons. The van der Waals surface area contributed by atoms with Gasteiger partial charge in [-0.3, -0.25) is 9.59 Å². The van der Waals surface area contributed by atoms with Gasteiger partial charge in [-0.1, -0.05) is 60.7 Å². The van der Waals surface area contributed by atoms with Crippen LogP contribution in [-0.4, -0.2) is 18.5 Å². The van der Waals surface area contributed by atoms with E-state index in [0.717, 1.165) is 11.1 Å². The minimum atomic E-state index is -0.656. The monoisotopic (exact) mass is 336 g/mol. The maximum atomic E-state index is 12.6. The Morgan fingerprint density at radius 1 is 1.04 bits per heavy atom. The van der Waals surface area contributed by atoms with Crippen molar-refractivity contribution in [2.24, 2.45) is 11.8 Å². The van der Waals surface area contributed by atoms with Crippen molar-refractivity contribution in [3.05, 3.63) is 77.9 Å². The second-order valence-corrected chi connectivity index (χ2v) is 5.89. The minimum Gasteiger partial charge on any atom is -0.466 e. The number of rotatable bonds is 5. The first-order valence-corrected chi connectivity index (χ1v) is 8.38. The summed E-state index contributed by atoms with van der Waals surface area (Å²) in [6, 6.07) is 18.9. The summed E-state index contributed by atoms with van der Waals surface area (Å²) in [6.07, 6.45) is 2.14. The molecule has 1 heterocycles. The van der Waals surface area contributed by atoms with Crippen molar-refractivity contribution in [3.63, 3.8) is 0 Å². The van der Waals surface area contributed by atoms with Gasteiger partial charge in [0.2, 0.25) is 0 Å². The molecule has 0 N–H and O–H groups in total. The first-order valence-electron chi connectivity index (χ1n) is 8.38. The smallest absolute Gasteiger partial charge is 0.315 e. The third kappa shape index (κ3) is 3.97. The second kappa shape index (κ2) is 7.79. The summed E-state index contributed by atoms with van der Waals surface area (Å²) in [5.41, 5.74) is 1.75. The predicted molar refractivity (Wildman–Crippen MR) is 94.3 cm³/mol. The second-order valence-electron chi connectivity index (χ2n) is 5.89. The van der Waals surface area contributed by atoms with Crippen LogP contribution in [0.2, 0.25) is 0 Å². The van der Waals surface area contributed by atoms with Crippen molar-refractivity contribution < 1.29 is 19.1 Å². The molecule has 0 aliphatic carbocycles. The molecule has 0 saturated heterocycles. The standard InChI is InChI=1S/C21H20O4/c1-2-24-20(22)18-14-19(16-11-7-4-8-12-16)25-21(23)17(18)13-15-9-5-3-6-10-15/h3-12,14,17-18H,2,13H2,1H3/t17-,18-/m1/s1. The number of ether oxygens (including phenoxy) is 2. The minimum absolute atomic E-state index is 0.275. The van der Waals surface area contributed by atoms with E-state index in [1.54, 1.807) is 13.0 Å². The zero-order chi connectivity index (χ0) is 17.6. The Labute approximate surface area is 147 Å². The average Bonchev–Trinajstić information content (AvgIpc) is 2.65. The Kier molecular flexibility index (Phi) is 5.29. The van der Waals surface area contributed by atoms with Crippen molar-refractivity contribution in [2.45, 2.75) is 13.3 Å². The van der Waals surface area contributed by atoms with Crippen molar-refractivity contribution in [3.8, 4) is 0 Å². The van der Waals surface area contributed by atoms with E-state index >= 15 is 0 Å². The number of cyclic esters (lactones) is 1. The van der Waals surface area contributed by atoms with Crippen LogP contribution >= 0.6 is 0 Å². The van der Waals surface area contributed by atoms with Crippen LogP contribution in [0.5, 0.6) is 0 Å². The molecule has 0 saturated carbocycles. The molecule has 0 unspecified atom stereocenters. The first kappa shape index (κ1) is 17.0. The first-order chi connectivity index (χ1) is 12.2. The lowest BCUT2D eigenvalue weighted by atomic mass is 9.84. The Morgan fingerprint density at radius 2 is 1.68 bits per heavy atom. The fraction of sp³-hybridized carbons (Fsp3) is 0.238. The molecule has 0 spiro atoms. The highest BCUT2D eigenvalue weighted by atomic mass is 16.5. The van der Waals surface area contributed by atoms with E-state index in [0.29, 0.717) is 12.2 Å². The number of esters is 2. The Morgan fingerprint density at radius 3 is 2.32 bits per heavy atom. The number of hydrogen-bond donors (Lipinski definition) is 0. The van der Waals surface area contributed by atoms with Crippen molar-refractivity contribution in [1.29, 1.82) is 0 Å². The van der Waals surface area contributed by atoms with Crippen LogP contribution in [0.15, 0.2) is 66.7 Å². The zero-order valence-corrected chi connectivity index (χ0v) is 14.1. The van der Waals surface area contributed by atoms with Gasteiger partial charge in [0.05, 0.1) is 18.4 Å². The number of hydrogen-bond acceptors (Lipinski definition) is 4. The van der Waals surface area contributed by atoms with Crippen LogP contribution in [0.4, 0.5) is 0 Å². The molecule has 1 aliphatic rings. The molecule has 0 bridgehead atoms. The summed E-state index contributed by atoms with van der Waals surface area (Å²) in [5.74, 6) is -1.63. The van der Waals surface area contributed by atoms with Crippen LogP contribution in [0.25, 0.3) is 5.76 Å². The highest BCUT2D eigenvalue weighted by molar-refractivity contribution is 5.91. The maximum Gasteiger partial charge on any atom is 0.315 e. The van der Waals surface area contributed by atoms with Gasteiger partial charge >= 0.3 is 11.9 Å². The van der Waals surface area contributed by atoms with Gasteiger partial charge in [0.25, 0.3) is 0 Å². The van der Waals surface area contributed by atoms with Gasteiger partial charge in [-0.05, 0) is 25.0 Å². The SMILES string of the molecule is CCOC(=O)[C@@H]1C=C(c2ccccc2)OC(=O)[C@@H]1Cc1ccccc1. The quantitative estimate of drug-likeness (QED) is 0.783. The summed E-state index contributed by atoms with van der Waals surface area (Å²) in [7, 11) is 0. The Bertz CT molecular complexity index is 765. The van der Waals surface area contributed by atoms with Gasteiger partial charge in [0.15, 0.2) is 0 Å². The zero-order valence-electron chi connectivity index (χ0n) is 14.1. The summed E-state index contributed by atoms with van der Waals surface area (Å²) in [5, 5.41) is 0. The normalized spacial score (nSPS) is 19.7. The van der Waals surface area contributed by atoms with Crippen LogP contribution in [0, 0.1) is 11.8 Å². The van der Waals surface area contributed by atoms with Crippen molar-refractivity contribution in [2.75, 3.05) is 6.61 Å². The molecule has 1 aliphatic heterocycles. The molecule has 0 fully saturated rings. The van der Waals surface area contributed by atoms with E-state index in [-0.39, 0.29) is 6.61 Å². The molecule has 3 rings (SSSR count). The molecule has 4 nitrogen and oxygen atoms in total. The molecular formula is C21H20O4. The third-order valence-electron chi connectivity index (χ3n) is 4.19. The number of carbonyl (C=O) groups is 2. The summed E-state index contributed by atoms with van der Waals surface area (Å²) >= 11 is 0. The molecule has 2 aromatic carbocycles. The highest BCUT2D eigenvalue weighted by Crippen LogP contribution is 2.32. The van der Waals surface area contributed by atoms with E-state index in [2.05, 4.69) is 0 Å². The van der Waals surface area contributed by atoms with Gasteiger partial charge in [-0.15, -0.1) is 0 Å². The summed E-state index contributed by atoms with van der Waals surface area (Å²) in [6.45, 7) is 2.03. The van der Waals surface area contributed by atoms with Gasteiger partial charge in [-0.2, -0.15) is 0 Å². The predicted octanol–water partition coefficient (Wildman–Crippen LogP) is 3.62. The molecule has 128 valence electrons. The third-order valence-corrected chi connectivity index (χ3v) is 4.19. The lowest BCUT2D eigenvalue weighted by Gasteiger charge is -2.27. The van der Waals surface area contributed by atoms with Crippen LogP contribution in [-0.2, 0) is 25.5 Å². The number of carbonyl (C=O) groups excluding carboxylic acids is 2.